The zero-order valence-electron chi connectivity index (χ0n) is 16.3. The number of hydrogen-bond acceptors (Lipinski definition) is 6. The number of benzene rings is 2. The molecule has 1 N–H and O–H groups in total. The summed E-state index contributed by atoms with van der Waals surface area (Å²) in [6, 6.07) is 6.76. The van der Waals surface area contributed by atoms with Crippen molar-refractivity contribution in [2.24, 2.45) is 5.10 Å². The summed E-state index contributed by atoms with van der Waals surface area (Å²) in [5.74, 6) is 0. The molecule has 0 unspecified atom stereocenters. The lowest BCUT2D eigenvalue weighted by molar-refractivity contribution is -0.384. The predicted molar refractivity (Wildman–Crippen MR) is 121 cm³/mol. The highest BCUT2D eigenvalue weighted by molar-refractivity contribution is 7.89. The van der Waals surface area contributed by atoms with Crippen LogP contribution in [-0.4, -0.2) is 36.4 Å². The highest BCUT2D eigenvalue weighted by Gasteiger charge is 2.25. The van der Waals surface area contributed by atoms with E-state index in [1.165, 1.54) is 16.4 Å². The second-order valence-electron chi connectivity index (χ2n) is 6.06. The Balaban J connectivity index is 2.43. The van der Waals surface area contributed by atoms with Gasteiger partial charge in [-0.25, -0.2) is 8.42 Å². The van der Waals surface area contributed by atoms with Gasteiger partial charge in [-0.15, -0.1) is 0 Å². The number of nitro groups is 1. The quantitative estimate of drug-likeness (QED) is 0.229. The fourth-order valence-electron chi connectivity index (χ4n) is 2.64. The molecule has 0 atom stereocenters. The van der Waals surface area contributed by atoms with Crippen molar-refractivity contribution in [2.45, 2.75) is 25.7 Å². The van der Waals surface area contributed by atoms with Gasteiger partial charge in [-0.2, -0.15) is 9.41 Å². The van der Waals surface area contributed by atoms with E-state index in [9.17, 15) is 18.5 Å². The first-order valence-corrected chi connectivity index (χ1v) is 11.3. The number of halogens is 3. The third-order valence-corrected chi connectivity index (χ3v) is 7.62. The lowest BCUT2D eigenvalue weighted by Gasteiger charge is -2.18. The van der Waals surface area contributed by atoms with E-state index in [4.69, 9.17) is 34.8 Å². The predicted octanol–water partition coefficient (Wildman–Crippen LogP) is 5.42. The molecule has 162 valence electrons. The molecule has 2 aromatic rings. The van der Waals surface area contributed by atoms with Gasteiger partial charge in [-0.3, -0.25) is 15.5 Å². The minimum absolute atomic E-state index is 0.0222. The van der Waals surface area contributed by atoms with Crippen molar-refractivity contribution in [3.05, 3.63) is 61.1 Å². The summed E-state index contributed by atoms with van der Waals surface area (Å²) < 4.78 is 26.5. The van der Waals surface area contributed by atoms with Gasteiger partial charge >= 0.3 is 0 Å². The van der Waals surface area contributed by atoms with Gasteiger partial charge in [0, 0.05) is 24.7 Å². The van der Waals surface area contributed by atoms with E-state index in [2.05, 4.69) is 10.5 Å². The molecule has 0 saturated heterocycles. The number of sulfonamides is 1. The number of anilines is 1. The van der Waals surface area contributed by atoms with Gasteiger partial charge in [0.25, 0.3) is 5.69 Å². The van der Waals surface area contributed by atoms with Crippen LogP contribution in [0.2, 0.25) is 15.1 Å². The molecular weight excluding hydrogens is 475 g/mol. The molecule has 0 aliphatic heterocycles. The molecule has 0 radical (unpaired) electrons. The highest BCUT2D eigenvalue weighted by Crippen LogP contribution is 2.33. The van der Waals surface area contributed by atoms with Crippen LogP contribution in [0.4, 0.5) is 11.4 Å². The molecule has 0 aromatic heterocycles. The molecule has 0 heterocycles. The van der Waals surface area contributed by atoms with Gasteiger partial charge in [-0.05, 0) is 25.1 Å². The molecule has 0 fully saturated rings. The first-order valence-electron chi connectivity index (χ1n) is 8.77. The third-order valence-electron chi connectivity index (χ3n) is 4.28. The number of hydrazone groups is 1. The second kappa shape index (κ2) is 9.93. The maximum absolute atomic E-state index is 12.6. The molecule has 0 bridgehead atoms. The van der Waals surface area contributed by atoms with Crippen LogP contribution < -0.4 is 5.43 Å². The van der Waals surface area contributed by atoms with E-state index in [-0.39, 0.29) is 38.7 Å². The molecule has 0 saturated carbocycles. The van der Waals surface area contributed by atoms with Crippen LogP contribution >= 0.6 is 34.8 Å². The number of rotatable bonds is 8. The zero-order chi connectivity index (χ0) is 22.6. The van der Waals surface area contributed by atoms with Gasteiger partial charge in [0.1, 0.15) is 5.69 Å². The van der Waals surface area contributed by atoms with E-state index < -0.39 is 20.6 Å². The molecule has 2 aromatic carbocycles. The van der Waals surface area contributed by atoms with Gasteiger partial charge in [-0.1, -0.05) is 54.7 Å². The van der Waals surface area contributed by atoms with Gasteiger partial charge in [0.2, 0.25) is 10.0 Å². The first-order chi connectivity index (χ1) is 14.0. The smallest absolute Gasteiger partial charge is 0.271 e. The van der Waals surface area contributed by atoms with Crippen LogP contribution in [0.15, 0.2) is 40.3 Å². The highest BCUT2D eigenvalue weighted by atomic mass is 35.5. The molecule has 12 heteroatoms. The maximum atomic E-state index is 12.6. The van der Waals surface area contributed by atoms with E-state index in [1.54, 1.807) is 32.9 Å². The Morgan fingerprint density at radius 1 is 1.13 bits per heavy atom. The molecular formula is C18H19Cl3N4O4S. The average molecular weight is 494 g/mol. The molecule has 2 rings (SSSR count). The van der Waals surface area contributed by atoms with Crippen molar-refractivity contribution in [3.63, 3.8) is 0 Å². The van der Waals surface area contributed by atoms with Crippen molar-refractivity contribution in [1.82, 2.24) is 4.31 Å². The van der Waals surface area contributed by atoms with Crippen LogP contribution in [0.1, 0.15) is 26.3 Å². The van der Waals surface area contributed by atoms with Crippen molar-refractivity contribution >= 4 is 61.9 Å². The Morgan fingerprint density at radius 2 is 1.77 bits per heavy atom. The standard InChI is InChI=1S/C18H19Cl3N4O4S/c1-4-24(5-2)30(28,29)12-6-9-15(16(10-12)25(26)27)23-22-11(3)13-7-8-14(19)18(21)17(13)20/h6-10,23H,4-5H2,1-3H3/b22-11-. The number of nitrogens with zero attached hydrogens (tertiary/aromatic N) is 3. The fourth-order valence-corrected chi connectivity index (χ4v) is 4.79. The second-order valence-corrected chi connectivity index (χ2v) is 9.16. The summed E-state index contributed by atoms with van der Waals surface area (Å²) in [5.41, 5.74) is 3.07. The summed E-state index contributed by atoms with van der Waals surface area (Å²) >= 11 is 18.1. The Morgan fingerprint density at radius 3 is 2.33 bits per heavy atom. The minimum Gasteiger partial charge on any atom is -0.271 e. The average Bonchev–Trinajstić information content (AvgIpc) is 2.70. The Hall–Kier alpha value is -1.91. The van der Waals surface area contributed by atoms with Gasteiger partial charge in [0.15, 0.2) is 0 Å². The van der Waals surface area contributed by atoms with E-state index in [0.717, 1.165) is 6.07 Å². The van der Waals surface area contributed by atoms with Crippen molar-refractivity contribution in [1.29, 1.82) is 0 Å². The van der Waals surface area contributed by atoms with Crippen molar-refractivity contribution in [3.8, 4) is 0 Å². The topological polar surface area (TPSA) is 105 Å². The SMILES string of the molecule is CCN(CC)S(=O)(=O)c1ccc(N/N=C(/C)c2ccc(Cl)c(Cl)c2Cl)c([N+](=O)[O-])c1. The summed E-state index contributed by atoms with van der Waals surface area (Å²) in [6.07, 6.45) is 0. The monoisotopic (exact) mass is 492 g/mol. The lowest BCUT2D eigenvalue weighted by Crippen LogP contribution is -2.30. The van der Waals surface area contributed by atoms with Crippen LogP contribution in [0.25, 0.3) is 0 Å². The molecule has 30 heavy (non-hydrogen) atoms. The number of hydrogen-bond donors (Lipinski definition) is 1. The molecule has 0 aliphatic carbocycles. The van der Waals surface area contributed by atoms with Gasteiger partial charge < -0.3 is 0 Å². The fraction of sp³-hybridized carbons (Fsp3) is 0.278. The van der Waals surface area contributed by atoms with E-state index in [0.29, 0.717) is 11.3 Å². The zero-order valence-corrected chi connectivity index (χ0v) is 19.4. The Kier molecular flexibility index (Phi) is 8.06. The normalized spacial score (nSPS) is 12.3. The number of nitro benzene ring substituents is 1. The van der Waals surface area contributed by atoms with Crippen LogP contribution in [0.3, 0.4) is 0 Å². The summed E-state index contributed by atoms with van der Waals surface area (Å²) in [5, 5.41) is 16.3. The van der Waals surface area contributed by atoms with Gasteiger partial charge in [0.05, 0.1) is 30.6 Å². The van der Waals surface area contributed by atoms with E-state index in [1.807, 2.05) is 0 Å². The van der Waals surface area contributed by atoms with Crippen molar-refractivity contribution in [2.75, 3.05) is 18.5 Å². The Bertz CT molecular complexity index is 1100. The maximum Gasteiger partial charge on any atom is 0.295 e. The van der Waals surface area contributed by atoms with Crippen molar-refractivity contribution < 1.29 is 13.3 Å². The Labute approximate surface area is 189 Å². The third kappa shape index (κ3) is 5.04. The molecule has 0 amide bonds. The first kappa shape index (κ1) is 24.4. The van der Waals surface area contributed by atoms with Crippen LogP contribution in [-0.2, 0) is 10.0 Å². The lowest BCUT2D eigenvalue weighted by atomic mass is 10.1. The van der Waals surface area contributed by atoms with Crippen LogP contribution in [0.5, 0.6) is 0 Å². The number of nitrogens with one attached hydrogen (secondary N) is 1. The largest absolute Gasteiger partial charge is 0.295 e. The summed E-state index contributed by atoms with van der Waals surface area (Å²) in [7, 11) is -3.84. The minimum atomic E-state index is -3.84. The van der Waals surface area contributed by atoms with E-state index >= 15 is 0 Å². The molecule has 0 aliphatic rings. The molecule has 8 nitrogen and oxygen atoms in total. The van der Waals surface area contributed by atoms with Crippen LogP contribution in [0, 0.1) is 10.1 Å². The molecule has 0 spiro atoms. The summed E-state index contributed by atoms with van der Waals surface area (Å²) in [6.45, 7) is 5.51. The summed E-state index contributed by atoms with van der Waals surface area (Å²) in [4.78, 5) is 10.7.